The van der Waals surface area contributed by atoms with E-state index in [0.717, 1.165) is 6.26 Å². The van der Waals surface area contributed by atoms with E-state index in [2.05, 4.69) is 20.7 Å². The second-order valence-corrected chi connectivity index (χ2v) is 7.42. The Morgan fingerprint density at radius 3 is 2.19 bits per heavy atom. The first kappa shape index (κ1) is 16.0. The Morgan fingerprint density at radius 1 is 1.10 bits per heavy atom. The summed E-state index contributed by atoms with van der Waals surface area (Å²) in [5.41, 5.74) is 1.32. The van der Waals surface area contributed by atoms with Gasteiger partial charge in [0, 0.05) is 21.3 Å². The van der Waals surface area contributed by atoms with Crippen LogP contribution in [0.4, 0.5) is 5.69 Å². The van der Waals surface area contributed by atoms with E-state index < -0.39 is 10.0 Å². The first-order valence-corrected chi connectivity index (χ1v) is 8.90. The van der Waals surface area contributed by atoms with Gasteiger partial charge in [0.15, 0.2) is 5.78 Å². The summed E-state index contributed by atoms with van der Waals surface area (Å²) in [5, 5.41) is 0.455. The third-order valence-corrected chi connectivity index (χ3v) is 4.47. The minimum Gasteiger partial charge on any atom is -0.289 e. The van der Waals surface area contributed by atoms with Crippen molar-refractivity contribution in [1.82, 2.24) is 0 Å². The lowest BCUT2D eigenvalue weighted by atomic mass is 10.0. The summed E-state index contributed by atoms with van der Waals surface area (Å²) in [6, 6.07) is 11.1. The second kappa shape index (κ2) is 6.17. The standard InChI is InChI=1S/C14H11BrClNO3S/c1-21(19,20)17-11-5-2-9(3-6-11)14(18)10-4-7-12(15)13(16)8-10/h2-8,17H,1H3. The summed E-state index contributed by atoms with van der Waals surface area (Å²) in [7, 11) is -3.33. The molecule has 0 aliphatic heterocycles. The van der Waals surface area contributed by atoms with E-state index in [1.807, 2.05) is 0 Å². The van der Waals surface area contributed by atoms with Crippen molar-refractivity contribution in [2.45, 2.75) is 0 Å². The largest absolute Gasteiger partial charge is 0.289 e. The highest BCUT2D eigenvalue weighted by Crippen LogP contribution is 2.24. The molecular formula is C14H11BrClNO3S. The second-order valence-electron chi connectivity index (χ2n) is 4.41. The Morgan fingerprint density at radius 2 is 1.67 bits per heavy atom. The molecule has 0 radical (unpaired) electrons. The van der Waals surface area contributed by atoms with Gasteiger partial charge in [0.1, 0.15) is 0 Å². The lowest BCUT2D eigenvalue weighted by Gasteiger charge is -2.06. The van der Waals surface area contributed by atoms with E-state index >= 15 is 0 Å². The molecule has 0 heterocycles. The summed E-state index contributed by atoms with van der Waals surface area (Å²) in [5.74, 6) is -0.185. The van der Waals surface area contributed by atoms with Crippen molar-refractivity contribution in [1.29, 1.82) is 0 Å². The van der Waals surface area contributed by atoms with E-state index in [0.29, 0.717) is 26.3 Å². The van der Waals surface area contributed by atoms with Crippen LogP contribution in [0.3, 0.4) is 0 Å². The van der Waals surface area contributed by atoms with E-state index in [4.69, 9.17) is 11.6 Å². The van der Waals surface area contributed by atoms with Crippen molar-refractivity contribution < 1.29 is 13.2 Å². The monoisotopic (exact) mass is 387 g/mol. The highest BCUT2D eigenvalue weighted by atomic mass is 79.9. The van der Waals surface area contributed by atoms with Gasteiger partial charge >= 0.3 is 0 Å². The van der Waals surface area contributed by atoms with Gasteiger partial charge in [-0.3, -0.25) is 9.52 Å². The fourth-order valence-corrected chi connectivity index (χ4v) is 2.70. The number of benzene rings is 2. The number of halogens is 2. The molecule has 0 aliphatic carbocycles. The molecule has 0 saturated heterocycles. The Labute approximate surface area is 136 Å². The zero-order valence-electron chi connectivity index (χ0n) is 10.9. The van der Waals surface area contributed by atoms with Crippen molar-refractivity contribution in [2.75, 3.05) is 11.0 Å². The van der Waals surface area contributed by atoms with E-state index in [1.54, 1.807) is 30.3 Å². The summed E-state index contributed by atoms with van der Waals surface area (Å²) in [6.07, 6.45) is 1.07. The molecule has 0 bridgehead atoms. The van der Waals surface area contributed by atoms with Gasteiger partial charge in [0.25, 0.3) is 0 Å². The molecule has 0 fully saturated rings. The van der Waals surface area contributed by atoms with Gasteiger partial charge in [0.2, 0.25) is 10.0 Å². The molecule has 0 atom stereocenters. The number of anilines is 1. The SMILES string of the molecule is CS(=O)(=O)Nc1ccc(C(=O)c2ccc(Br)c(Cl)c2)cc1. The zero-order chi connectivity index (χ0) is 15.6. The van der Waals surface area contributed by atoms with Gasteiger partial charge in [-0.15, -0.1) is 0 Å². The topological polar surface area (TPSA) is 63.2 Å². The summed E-state index contributed by atoms with van der Waals surface area (Å²) in [4.78, 5) is 12.3. The number of carbonyl (C=O) groups is 1. The number of hydrogen-bond acceptors (Lipinski definition) is 3. The number of hydrogen-bond donors (Lipinski definition) is 1. The van der Waals surface area contributed by atoms with Gasteiger partial charge in [-0.25, -0.2) is 8.42 Å². The maximum atomic E-state index is 12.3. The first-order valence-electron chi connectivity index (χ1n) is 5.84. The van der Waals surface area contributed by atoms with E-state index in [-0.39, 0.29) is 5.78 Å². The third-order valence-electron chi connectivity index (χ3n) is 2.63. The Kier molecular flexibility index (Phi) is 4.70. The molecule has 4 nitrogen and oxygen atoms in total. The lowest BCUT2D eigenvalue weighted by Crippen LogP contribution is -2.09. The van der Waals surface area contributed by atoms with Gasteiger partial charge in [-0.2, -0.15) is 0 Å². The highest BCUT2D eigenvalue weighted by molar-refractivity contribution is 9.10. The number of nitrogens with one attached hydrogen (secondary N) is 1. The average molecular weight is 389 g/mol. The van der Waals surface area contributed by atoms with Crippen LogP contribution in [0.15, 0.2) is 46.9 Å². The minimum absolute atomic E-state index is 0.185. The Bertz CT molecular complexity index is 788. The molecule has 2 rings (SSSR count). The third kappa shape index (κ3) is 4.30. The van der Waals surface area contributed by atoms with Gasteiger partial charge in [-0.1, -0.05) is 11.6 Å². The molecule has 110 valence electrons. The van der Waals surface area contributed by atoms with Crippen LogP contribution in [0.2, 0.25) is 5.02 Å². The van der Waals surface area contributed by atoms with Crippen LogP contribution in [0.5, 0.6) is 0 Å². The maximum Gasteiger partial charge on any atom is 0.229 e. The van der Waals surface area contributed by atoms with Gasteiger partial charge in [0.05, 0.1) is 11.3 Å². The predicted octanol–water partition coefficient (Wildman–Crippen LogP) is 3.71. The van der Waals surface area contributed by atoms with Crippen LogP contribution in [0, 0.1) is 0 Å². The predicted molar refractivity (Wildman–Crippen MR) is 87.5 cm³/mol. The number of sulfonamides is 1. The first-order chi connectivity index (χ1) is 9.76. The smallest absolute Gasteiger partial charge is 0.229 e. The molecular weight excluding hydrogens is 378 g/mol. The molecule has 2 aromatic rings. The minimum atomic E-state index is -3.33. The number of rotatable bonds is 4. The maximum absolute atomic E-state index is 12.3. The zero-order valence-corrected chi connectivity index (χ0v) is 14.1. The normalized spacial score (nSPS) is 11.2. The van der Waals surface area contributed by atoms with E-state index in [1.165, 1.54) is 12.1 Å². The molecule has 0 unspecified atom stereocenters. The van der Waals surface area contributed by atoms with Crippen molar-refractivity contribution >= 4 is 49.0 Å². The van der Waals surface area contributed by atoms with Crippen LogP contribution in [-0.4, -0.2) is 20.5 Å². The van der Waals surface area contributed by atoms with Gasteiger partial charge in [-0.05, 0) is 58.4 Å². The van der Waals surface area contributed by atoms with Crippen LogP contribution in [0.1, 0.15) is 15.9 Å². The molecule has 0 aromatic heterocycles. The van der Waals surface area contributed by atoms with Crippen molar-refractivity contribution in [3.05, 3.63) is 63.1 Å². The number of ketones is 1. The summed E-state index contributed by atoms with van der Waals surface area (Å²) in [6.45, 7) is 0. The number of carbonyl (C=O) groups excluding carboxylic acids is 1. The van der Waals surface area contributed by atoms with Crippen LogP contribution in [0.25, 0.3) is 0 Å². The molecule has 1 N–H and O–H groups in total. The van der Waals surface area contributed by atoms with Crippen LogP contribution >= 0.6 is 27.5 Å². The lowest BCUT2D eigenvalue weighted by molar-refractivity contribution is 0.103. The molecule has 0 amide bonds. The average Bonchev–Trinajstić information content (AvgIpc) is 2.40. The van der Waals surface area contributed by atoms with Crippen molar-refractivity contribution in [3.8, 4) is 0 Å². The molecule has 0 aliphatic rings. The van der Waals surface area contributed by atoms with Crippen molar-refractivity contribution in [3.63, 3.8) is 0 Å². The van der Waals surface area contributed by atoms with Crippen molar-refractivity contribution in [2.24, 2.45) is 0 Å². The van der Waals surface area contributed by atoms with Crippen LogP contribution in [-0.2, 0) is 10.0 Å². The molecule has 0 saturated carbocycles. The molecule has 2 aromatic carbocycles. The van der Waals surface area contributed by atoms with Gasteiger partial charge < -0.3 is 0 Å². The summed E-state index contributed by atoms with van der Waals surface area (Å²) < 4.78 is 25.3. The molecule has 7 heteroatoms. The fraction of sp³-hybridized carbons (Fsp3) is 0.0714. The molecule has 0 spiro atoms. The summed E-state index contributed by atoms with van der Waals surface area (Å²) >= 11 is 9.23. The van der Waals surface area contributed by atoms with E-state index in [9.17, 15) is 13.2 Å². The quantitative estimate of drug-likeness (QED) is 0.812. The highest BCUT2D eigenvalue weighted by Gasteiger charge is 2.11. The Hall–Kier alpha value is -1.37. The molecule has 21 heavy (non-hydrogen) atoms. The van der Waals surface area contributed by atoms with Crippen LogP contribution < -0.4 is 4.72 Å². The Balaban J connectivity index is 2.25. The fourth-order valence-electron chi connectivity index (χ4n) is 1.71.